The fourth-order valence-corrected chi connectivity index (χ4v) is 0.875. The number of allylic oxidation sites excluding steroid dienone is 1. The number of hydrogen-bond acceptors (Lipinski definition) is 0. The van der Waals surface area contributed by atoms with Crippen molar-refractivity contribution in [3.63, 3.8) is 0 Å². The first-order valence-electron chi connectivity index (χ1n) is 4.56. The second kappa shape index (κ2) is 11.5. The molecule has 0 unspecified atom stereocenters. The lowest BCUT2D eigenvalue weighted by molar-refractivity contribution is 0.886. The Kier molecular flexibility index (Phi) is 14.3. The molecule has 0 amide bonds. The van der Waals surface area contributed by atoms with Gasteiger partial charge >= 0.3 is 0 Å². The Balaban J connectivity index is 0. The molecule has 0 bridgehead atoms. The molecule has 62 valence electrons. The fraction of sp³-hybridized carbons (Fsp3) is 0.800. The van der Waals surface area contributed by atoms with E-state index in [1.165, 1.54) is 31.3 Å². The molecule has 0 heterocycles. The lowest BCUT2D eigenvalue weighted by Gasteiger charge is -1.80. The van der Waals surface area contributed by atoms with Gasteiger partial charge in [-0.05, 0) is 25.7 Å². The molecule has 0 spiro atoms. The Labute approximate surface area is 66.3 Å². The Morgan fingerprint density at radius 1 is 0.900 bits per heavy atom. The topological polar surface area (TPSA) is 0 Å². The van der Waals surface area contributed by atoms with Gasteiger partial charge in [0.25, 0.3) is 0 Å². The average molecular weight is 142 g/mol. The molecule has 0 aromatic carbocycles. The average Bonchev–Trinajstić information content (AvgIpc) is 2.48. The smallest absolute Gasteiger partial charge is 0.0323 e. The Hall–Kier alpha value is -0.260. The molecule has 0 nitrogen and oxygen atoms in total. The van der Waals surface area contributed by atoms with E-state index in [-0.39, 0.29) is 0 Å². The van der Waals surface area contributed by atoms with Crippen LogP contribution in [0.3, 0.4) is 0 Å². The molecular weight excluding hydrogens is 120 g/mol. The van der Waals surface area contributed by atoms with Crippen LogP contribution in [0.4, 0.5) is 0 Å². The van der Waals surface area contributed by atoms with Crippen LogP contribution in [0.1, 0.15) is 53.4 Å². The third-order valence-corrected chi connectivity index (χ3v) is 1.31. The van der Waals surface area contributed by atoms with Gasteiger partial charge in [0.1, 0.15) is 0 Å². The molecule has 0 aliphatic heterocycles. The summed E-state index contributed by atoms with van der Waals surface area (Å²) in [6.45, 7) is 11.9. The summed E-state index contributed by atoms with van der Waals surface area (Å²) in [5, 5.41) is 0. The van der Waals surface area contributed by atoms with Gasteiger partial charge in [0, 0.05) is 0 Å². The summed E-state index contributed by atoms with van der Waals surface area (Å²) in [7, 11) is 0. The molecule has 1 rings (SSSR count). The van der Waals surface area contributed by atoms with E-state index in [1.54, 1.807) is 0 Å². The third-order valence-electron chi connectivity index (χ3n) is 1.31. The summed E-state index contributed by atoms with van der Waals surface area (Å²) in [4.78, 5) is 0. The quantitative estimate of drug-likeness (QED) is 0.445. The maximum atomic E-state index is 3.85. The van der Waals surface area contributed by atoms with E-state index < -0.39 is 0 Å². The van der Waals surface area contributed by atoms with Crippen LogP contribution in [0.2, 0.25) is 0 Å². The van der Waals surface area contributed by atoms with Gasteiger partial charge in [-0.3, -0.25) is 0 Å². The largest absolute Gasteiger partial charge is 0.0999 e. The number of rotatable bonds is 0. The van der Waals surface area contributed by atoms with Crippen LogP contribution in [-0.2, 0) is 0 Å². The number of hydrogen-bond donors (Lipinski definition) is 0. The highest BCUT2D eigenvalue weighted by Crippen LogP contribution is 2.20. The molecule has 0 aromatic heterocycles. The maximum absolute atomic E-state index is 3.85. The summed E-state index contributed by atoms with van der Waals surface area (Å²) in [5.41, 5.74) is 1.45. The first-order chi connectivity index (χ1) is 4.89. The molecule has 0 radical (unpaired) electrons. The predicted octanol–water partition coefficient (Wildman–Crippen LogP) is 4.17. The molecule has 1 saturated carbocycles. The van der Waals surface area contributed by atoms with Crippen LogP contribution >= 0.6 is 0 Å². The van der Waals surface area contributed by atoms with Crippen molar-refractivity contribution in [3.8, 4) is 0 Å². The van der Waals surface area contributed by atoms with Gasteiger partial charge in [0.2, 0.25) is 0 Å². The van der Waals surface area contributed by atoms with Gasteiger partial charge in [0.15, 0.2) is 0 Å². The van der Waals surface area contributed by atoms with E-state index in [4.69, 9.17) is 0 Å². The van der Waals surface area contributed by atoms with Crippen molar-refractivity contribution in [1.82, 2.24) is 0 Å². The van der Waals surface area contributed by atoms with E-state index in [1.807, 2.05) is 27.7 Å². The van der Waals surface area contributed by atoms with Crippen LogP contribution in [0.5, 0.6) is 0 Å². The van der Waals surface area contributed by atoms with Crippen molar-refractivity contribution < 1.29 is 0 Å². The van der Waals surface area contributed by atoms with Crippen molar-refractivity contribution in [2.75, 3.05) is 0 Å². The van der Waals surface area contributed by atoms with Crippen molar-refractivity contribution in [2.24, 2.45) is 0 Å². The highest BCUT2D eigenvalue weighted by molar-refractivity contribution is 4.98. The van der Waals surface area contributed by atoms with Gasteiger partial charge in [-0.1, -0.05) is 39.8 Å². The van der Waals surface area contributed by atoms with Gasteiger partial charge in [0.05, 0.1) is 0 Å². The molecule has 1 fully saturated rings. The molecule has 0 aromatic rings. The second-order valence-electron chi connectivity index (χ2n) is 1.96. The molecule has 1 aliphatic carbocycles. The van der Waals surface area contributed by atoms with Crippen molar-refractivity contribution in [3.05, 3.63) is 12.2 Å². The van der Waals surface area contributed by atoms with E-state index in [0.29, 0.717) is 0 Å². The minimum absolute atomic E-state index is 1.29. The minimum atomic E-state index is 1.29. The molecule has 0 heteroatoms. The van der Waals surface area contributed by atoms with Crippen LogP contribution in [-0.4, -0.2) is 0 Å². The monoisotopic (exact) mass is 142 g/mol. The van der Waals surface area contributed by atoms with E-state index in [0.717, 1.165) is 0 Å². The van der Waals surface area contributed by atoms with Crippen LogP contribution in [0, 0.1) is 0 Å². The Morgan fingerprint density at radius 3 is 1.30 bits per heavy atom. The first kappa shape index (κ1) is 12.4. The Morgan fingerprint density at radius 2 is 1.20 bits per heavy atom. The van der Waals surface area contributed by atoms with E-state index in [9.17, 15) is 0 Å². The molecule has 0 saturated heterocycles. The molecule has 1 aliphatic rings. The summed E-state index contributed by atoms with van der Waals surface area (Å²) < 4.78 is 0. The third kappa shape index (κ3) is 7.74. The van der Waals surface area contributed by atoms with Crippen LogP contribution < -0.4 is 0 Å². The van der Waals surface area contributed by atoms with Crippen molar-refractivity contribution >= 4 is 0 Å². The normalized spacial score (nSPS) is 14.6. The lowest BCUT2D eigenvalue weighted by Crippen LogP contribution is -1.59. The Bertz CT molecular complexity index is 54.4. The second-order valence-corrected chi connectivity index (χ2v) is 1.96. The standard InChI is InChI=1S/C6H10.2C2H6/c1-6-4-2-3-5-6;2*1-2/h1-5H2;2*1-2H3. The summed E-state index contributed by atoms with van der Waals surface area (Å²) in [6, 6.07) is 0. The highest BCUT2D eigenvalue weighted by atomic mass is 14.1. The molecule has 10 heavy (non-hydrogen) atoms. The molecule has 0 atom stereocenters. The maximum Gasteiger partial charge on any atom is -0.0323 e. The predicted molar refractivity (Wildman–Crippen MR) is 50.3 cm³/mol. The van der Waals surface area contributed by atoms with Gasteiger partial charge in [-0.15, -0.1) is 0 Å². The summed E-state index contributed by atoms with van der Waals surface area (Å²) >= 11 is 0. The van der Waals surface area contributed by atoms with Gasteiger partial charge in [-0.25, -0.2) is 0 Å². The van der Waals surface area contributed by atoms with Crippen LogP contribution in [0.15, 0.2) is 12.2 Å². The van der Waals surface area contributed by atoms with Gasteiger partial charge < -0.3 is 0 Å². The van der Waals surface area contributed by atoms with Gasteiger partial charge in [-0.2, -0.15) is 0 Å². The summed E-state index contributed by atoms with van der Waals surface area (Å²) in [5.74, 6) is 0. The fourth-order valence-electron chi connectivity index (χ4n) is 0.875. The minimum Gasteiger partial charge on any atom is -0.0999 e. The van der Waals surface area contributed by atoms with Crippen molar-refractivity contribution in [1.29, 1.82) is 0 Å². The van der Waals surface area contributed by atoms with E-state index >= 15 is 0 Å². The van der Waals surface area contributed by atoms with E-state index in [2.05, 4.69) is 6.58 Å². The van der Waals surface area contributed by atoms with Crippen LogP contribution in [0.25, 0.3) is 0 Å². The molecule has 0 N–H and O–H groups in total. The highest BCUT2D eigenvalue weighted by Gasteiger charge is 2.01. The zero-order chi connectivity index (χ0) is 8.41. The summed E-state index contributed by atoms with van der Waals surface area (Å²) in [6.07, 6.45) is 5.36. The molecular formula is C10H22. The van der Waals surface area contributed by atoms with Crippen molar-refractivity contribution in [2.45, 2.75) is 53.4 Å². The first-order valence-corrected chi connectivity index (χ1v) is 4.56. The zero-order valence-electron chi connectivity index (χ0n) is 8.04. The lowest BCUT2D eigenvalue weighted by atomic mass is 10.3. The zero-order valence-corrected chi connectivity index (χ0v) is 8.04. The SMILES string of the molecule is C=C1CCCC1.CC.CC.